The third-order valence-corrected chi connectivity index (χ3v) is 4.98. The van der Waals surface area contributed by atoms with Crippen molar-refractivity contribution >= 4 is 11.6 Å². The minimum atomic E-state index is 0.217. The highest BCUT2D eigenvalue weighted by Gasteiger charge is 2.20. The van der Waals surface area contributed by atoms with Gasteiger partial charge >= 0.3 is 0 Å². The molecule has 0 amide bonds. The standard InChI is InChI=1S/C20H24N4O/c25-19-7-6-18-17(19)5-8-20(23-18)22-13-15-1-3-16(4-2-15)14-24-11-9-21-10-12-24/h1-5,8,21H,6-7,9-14H2,(H,22,23). The molecule has 25 heavy (non-hydrogen) atoms. The molecule has 0 bridgehead atoms. The second-order valence-corrected chi connectivity index (χ2v) is 6.81. The lowest BCUT2D eigenvalue weighted by Gasteiger charge is -2.27. The summed E-state index contributed by atoms with van der Waals surface area (Å²) in [6, 6.07) is 12.6. The highest BCUT2D eigenvalue weighted by Crippen LogP contribution is 2.22. The zero-order valence-electron chi connectivity index (χ0n) is 14.4. The van der Waals surface area contributed by atoms with E-state index in [0.29, 0.717) is 6.42 Å². The molecule has 4 rings (SSSR count). The number of Topliss-reactive ketones (excluding diaryl/α,β-unsaturated/α-hetero) is 1. The fourth-order valence-electron chi connectivity index (χ4n) is 3.49. The lowest BCUT2D eigenvalue weighted by molar-refractivity contribution is 0.0994. The molecule has 5 nitrogen and oxygen atoms in total. The van der Waals surface area contributed by atoms with Crippen LogP contribution in [0.2, 0.25) is 0 Å². The number of hydrogen-bond donors (Lipinski definition) is 2. The van der Waals surface area contributed by atoms with Gasteiger partial charge in [0.15, 0.2) is 5.78 Å². The van der Waals surface area contributed by atoms with Gasteiger partial charge < -0.3 is 10.6 Å². The Morgan fingerprint density at radius 1 is 1.00 bits per heavy atom. The summed E-state index contributed by atoms with van der Waals surface area (Å²) in [6.45, 7) is 6.18. The molecule has 0 spiro atoms. The molecule has 2 N–H and O–H groups in total. The Balaban J connectivity index is 1.33. The molecule has 0 saturated carbocycles. The molecule has 1 fully saturated rings. The number of nitrogens with one attached hydrogen (secondary N) is 2. The van der Waals surface area contributed by atoms with Gasteiger partial charge in [-0.15, -0.1) is 0 Å². The molecule has 2 heterocycles. The van der Waals surface area contributed by atoms with Crippen LogP contribution in [0.4, 0.5) is 5.82 Å². The number of hydrogen-bond acceptors (Lipinski definition) is 5. The van der Waals surface area contributed by atoms with Gasteiger partial charge in [-0.25, -0.2) is 4.98 Å². The van der Waals surface area contributed by atoms with Crippen LogP contribution in [0.15, 0.2) is 36.4 Å². The van der Waals surface area contributed by atoms with Crippen molar-refractivity contribution < 1.29 is 4.79 Å². The molecule has 0 unspecified atom stereocenters. The average Bonchev–Trinajstić information content (AvgIpc) is 3.02. The molecule has 1 saturated heterocycles. The minimum absolute atomic E-state index is 0.217. The molecule has 130 valence electrons. The van der Waals surface area contributed by atoms with E-state index in [2.05, 4.69) is 44.8 Å². The van der Waals surface area contributed by atoms with Crippen LogP contribution < -0.4 is 10.6 Å². The lowest BCUT2D eigenvalue weighted by Crippen LogP contribution is -2.42. The molecule has 1 aliphatic carbocycles. The Morgan fingerprint density at radius 2 is 1.76 bits per heavy atom. The van der Waals surface area contributed by atoms with Crippen LogP contribution in [-0.4, -0.2) is 41.8 Å². The summed E-state index contributed by atoms with van der Waals surface area (Å²) < 4.78 is 0. The van der Waals surface area contributed by atoms with E-state index in [1.807, 2.05) is 12.1 Å². The van der Waals surface area contributed by atoms with Crippen LogP contribution in [-0.2, 0) is 19.5 Å². The summed E-state index contributed by atoms with van der Waals surface area (Å²) in [6.07, 6.45) is 1.37. The molecule has 0 atom stereocenters. The first-order chi connectivity index (χ1) is 12.3. The van der Waals surface area contributed by atoms with Gasteiger partial charge in [0.2, 0.25) is 0 Å². The monoisotopic (exact) mass is 336 g/mol. The fraction of sp³-hybridized carbons (Fsp3) is 0.400. The van der Waals surface area contributed by atoms with E-state index in [9.17, 15) is 4.79 Å². The van der Waals surface area contributed by atoms with Crippen molar-refractivity contribution in [2.45, 2.75) is 25.9 Å². The van der Waals surface area contributed by atoms with E-state index in [1.54, 1.807) is 0 Å². The smallest absolute Gasteiger partial charge is 0.165 e. The summed E-state index contributed by atoms with van der Waals surface area (Å²) >= 11 is 0. The van der Waals surface area contributed by atoms with Crippen LogP contribution >= 0.6 is 0 Å². The van der Waals surface area contributed by atoms with Gasteiger partial charge in [-0.05, 0) is 29.7 Å². The number of pyridine rings is 1. The lowest BCUT2D eigenvalue weighted by atomic mass is 10.1. The first kappa shape index (κ1) is 16.2. The number of carbonyl (C=O) groups is 1. The number of piperazine rings is 1. The Kier molecular flexibility index (Phi) is 4.76. The van der Waals surface area contributed by atoms with Gasteiger partial charge in [0.05, 0.1) is 5.69 Å². The van der Waals surface area contributed by atoms with Crippen molar-refractivity contribution in [2.75, 3.05) is 31.5 Å². The predicted octanol–water partition coefficient (Wildman–Crippen LogP) is 2.23. The van der Waals surface area contributed by atoms with Gasteiger partial charge in [-0.3, -0.25) is 9.69 Å². The molecule has 2 aromatic rings. The van der Waals surface area contributed by atoms with Gasteiger partial charge in [0.25, 0.3) is 0 Å². The number of ketones is 1. The number of rotatable bonds is 5. The summed E-state index contributed by atoms with van der Waals surface area (Å²) in [7, 11) is 0. The number of carbonyl (C=O) groups excluding carboxylic acids is 1. The van der Waals surface area contributed by atoms with Crippen LogP contribution in [0.1, 0.15) is 33.6 Å². The van der Waals surface area contributed by atoms with Crippen molar-refractivity contribution in [3.8, 4) is 0 Å². The first-order valence-electron chi connectivity index (χ1n) is 9.06. The van der Waals surface area contributed by atoms with Crippen molar-refractivity contribution in [3.05, 3.63) is 58.8 Å². The molecule has 1 aliphatic heterocycles. The van der Waals surface area contributed by atoms with Gasteiger partial charge in [0, 0.05) is 51.3 Å². The van der Waals surface area contributed by atoms with E-state index >= 15 is 0 Å². The van der Waals surface area contributed by atoms with Gasteiger partial charge in [-0.2, -0.15) is 0 Å². The SMILES string of the molecule is O=C1CCc2nc(NCc3ccc(CN4CCNCC4)cc3)ccc21. The van der Waals surface area contributed by atoms with Crippen molar-refractivity contribution in [1.29, 1.82) is 0 Å². The van der Waals surface area contributed by atoms with E-state index in [-0.39, 0.29) is 5.78 Å². The minimum Gasteiger partial charge on any atom is -0.366 e. The van der Waals surface area contributed by atoms with Crippen LogP contribution in [0, 0.1) is 0 Å². The number of anilines is 1. The third kappa shape index (κ3) is 3.89. The van der Waals surface area contributed by atoms with E-state index in [1.165, 1.54) is 11.1 Å². The first-order valence-corrected chi connectivity index (χ1v) is 9.06. The zero-order chi connectivity index (χ0) is 17.1. The maximum Gasteiger partial charge on any atom is 0.165 e. The molecule has 0 radical (unpaired) electrons. The number of nitrogens with zero attached hydrogens (tertiary/aromatic N) is 2. The quantitative estimate of drug-likeness (QED) is 0.877. The Morgan fingerprint density at radius 3 is 2.56 bits per heavy atom. The highest BCUT2D eigenvalue weighted by molar-refractivity contribution is 6.00. The Labute approximate surface area is 148 Å². The Bertz CT molecular complexity index is 751. The number of fused-ring (bicyclic) bond motifs is 1. The largest absolute Gasteiger partial charge is 0.366 e. The maximum atomic E-state index is 11.7. The van der Waals surface area contributed by atoms with Crippen LogP contribution in [0.5, 0.6) is 0 Å². The normalized spacial score (nSPS) is 17.5. The number of aromatic nitrogens is 1. The van der Waals surface area contributed by atoms with E-state index in [4.69, 9.17) is 0 Å². The number of aryl methyl sites for hydroxylation is 1. The summed E-state index contributed by atoms with van der Waals surface area (Å²) in [4.78, 5) is 18.7. The second kappa shape index (κ2) is 7.33. The van der Waals surface area contributed by atoms with Crippen molar-refractivity contribution in [1.82, 2.24) is 15.2 Å². The summed E-state index contributed by atoms with van der Waals surface area (Å²) in [5.41, 5.74) is 4.33. The molecule has 1 aromatic heterocycles. The van der Waals surface area contributed by atoms with Crippen LogP contribution in [0.25, 0.3) is 0 Å². The van der Waals surface area contributed by atoms with Crippen molar-refractivity contribution in [2.24, 2.45) is 0 Å². The van der Waals surface area contributed by atoms with Crippen LogP contribution in [0.3, 0.4) is 0 Å². The molecule has 2 aliphatic rings. The maximum absolute atomic E-state index is 11.7. The molecule has 5 heteroatoms. The fourth-order valence-corrected chi connectivity index (χ4v) is 3.49. The second-order valence-electron chi connectivity index (χ2n) is 6.81. The summed E-state index contributed by atoms with van der Waals surface area (Å²) in [5.74, 6) is 1.06. The molecular weight excluding hydrogens is 312 g/mol. The number of benzene rings is 1. The predicted molar refractivity (Wildman–Crippen MR) is 98.8 cm³/mol. The van der Waals surface area contributed by atoms with E-state index < -0.39 is 0 Å². The van der Waals surface area contributed by atoms with Gasteiger partial charge in [0.1, 0.15) is 5.82 Å². The Hall–Kier alpha value is -2.24. The van der Waals surface area contributed by atoms with E-state index in [0.717, 1.165) is 62.8 Å². The van der Waals surface area contributed by atoms with Gasteiger partial charge in [-0.1, -0.05) is 24.3 Å². The zero-order valence-corrected chi connectivity index (χ0v) is 14.4. The highest BCUT2D eigenvalue weighted by atomic mass is 16.1. The molecule has 1 aromatic carbocycles. The average molecular weight is 336 g/mol. The summed E-state index contributed by atoms with van der Waals surface area (Å²) in [5, 5.41) is 6.75. The van der Waals surface area contributed by atoms with Crippen molar-refractivity contribution in [3.63, 3.8) is 0 Å². The third-order valence-electron chi connectivity index (χ3n) is 4.98. The topological polar surface area (TPSA) is 57.3 Å². The molecular formula is C20H24N4O.